The van der Waals surface area contributed by atoms with E-state index in [1.807, 2.05) is 24.3 Å². The smallest absolute Gasteiger partial charge is 0.252 e. The average Bonchev–Trinajstić information content (AvgIpc) is 2.39. The molecule has 0 radical (unpaired) electrons. The summed E-state index contributed by atoms with van der Waals surface area (Å²) in [7, 11) is 1.54. The standard InChI is InChI=1S/C14H19NO3/c1-14(2,17-3)13(16)15-11-8-9-18-12-7-5-4-6-10(11)12/h4-7,11H,8-9H2,1-3H3,(H,15,16). The summed E-state index contributed by atoms with van der Waals surface area (Å²) in [4.78, 5) is 12.1. The molecule has 2 rings (SSSR count). The number of para-hydroxylation sites is 1. The van der Waals surface area contributed by atoms with Crippen molar-refractivity contribution in [2.24, 2.45) is 0 Å². The number of carbonyl (C=O) groups excluding carboxylic acids is 1. The molecule has 0 spiro atoms. The number of ether oxygens (including phenoxy) is 2. The Labute approximate surface area is 107 Å². The molecule has 4 heteroatoms. The fourth-order valence-corrected chi connectivity index (χ4v) is 1.92. The largest absolute Gasteiger partial charge is 0.493 e. The van der Waals surface area contributed by atoms with Crippen LogP contribution in [0.25, 0.3) is 0 Å². The second-order valence-corrected chi connectivity index (χ2v) is 4.92. The molecular weight excluding hydrogens is 230 g/mol. The van der Waals surface area contributed by atoms with E-state index in [-0.39, 0.29) is 11.9 Å². The van der Waals surface area contributed by atoms with Crippen molar-refractivity contribution in [3.05, 3.63) is 29.8 Å². The molecule has 1 unspecified atom stereocenters. The fourth-order valence-electron chi connectivity index (χ4n) is 1.92. The first-order valence-corrected chi connectivity index (χ1v) is 6.12. The van der Waals surface area contributed by atoms with Crippen LogP contribution in [0.5, 0.6) is 5.75 Å². The minimum atomic E-state index is -0.812. The van der Waals surface area contributed by atoms with Crippen molar-refractivity contribution >= 4 is 5.91 Å². The Kier molecular flexibility index (Phi) is 3.57. The van der Waals surface area contributed by atoms with Gasteiger partial charge in [0.1, 0.15) is 11.4 Å². The van der Waals surface area contributed by atoms with E-state index in [2.05, 4.69) is 5.32 Å². The quantitative estimate of drug-likeness (QED) is 0.892. The van der Waals surface area contributed by atoms with E-state index in [0.29, 0.717) is 6.61 Å². The maximum atomic E-state index is 12.1. The van der Waals surface area contributed by atoms with E-state index in [1.54, 1.807) is 13.8 Å². The summed E-state index contributed by atoms with van der Waals surface area (Å²) in [5, 5.41) is 3.02. The maximum absolute atomic E-state index is 12.1. The zero-order chi connectivity index (χ0) is 13.2. The van der Waals surface area contributed by atoms with Gasteiger partial charge in [0.2, 0.25) is 0 Å². The summed E-state index contributed by atoms with van der Waals surface area (Å²) >= 11 is 0. The third kappa shape index (κ3) is 2.48. The van der Waals surface area contributed by atoms with Crippen LogP contribution in [0.3, 0.4) is 0 Å². The van der Waals surface area contributed by atoms with Gasteiger partial charge in [0, 0.05) is 19.1 Å². The van der Waals surface area contributed by atoms with Gasteiger partial charge in [-0.15, -0.1) is 0 Å². The van der Waals surface area contributed by atoms with E-state index in [1.165, 1.54) is 7.11 Å². The van der Waals surface area contributed by atoms with Gasteiger partial charge in [-0.3, -0.25) is 4.79 Å². The lowest BCUT2D eigenvalue weighted by Gasteiger charge is -2.30. The molecular formula is C14H19NO3. The molecule has 18 heavy (non-hydrogen) atoms. The molecule has 1 amide bonds. The Balaban J connectivity index is 2.15. The number of nitrogens with one attached hydrogen (secondary N) is 1. The van der Waals surface area contributed by atoms with Crippen LogP contribution in [0.4, 0.5) is 0 Å². The van der Waals surface area contributed by atoms with Gasteiger partial charge in [-0.1, -0.05) is 18.2 Å². The summed E-state index contributed by atoms with van der Waals surface area (Å²) in [6.07, 6.45) is 0.780. The number of benzene rings is 1. The summed E-state index contributed by atoms with van der Waals surface area (Å²) < 4.78 is 10.8. The molecule has 4 nitrogen and oxygen atoms in total. The predicted molar refractivity (Wildman–Crippen MR) is 68.5 cm³/mol. The summed E-state index contributed by atoms with van der Waals surface area (Å²) in [6, 6.07) is 7.79. The molecule has 98 valence electrons. The number of methoxy groups -OCH3 is 1. The molecule has 1 aromatic rings. The Morgan fingerprint density at radius 2 is 2.17 bits per heavy atom. The van der Waals surface area contributed by atoms with Gasteiger partial charge < -0.3 is 14.8 Å². The SMILES string of the molecule is COC(C)(C)C(=O)NC1CCOc2ccccc21. The van der Waals surface area contributed by atoms with Crippen molar-refractivity contribution in [3.8, 4) is 5.75 Å². The van der Waals surface area contributed by atoms with Crippen molar-refractivity contribution in [2.45, 2.75) is 31.9 Å². The van der Waals surface area contributed by atoms with Crippen LogP contribution >= 0.6 is 0 Å². The molecule has 0 aliphatic carbocycles. The van der Waals surface area contributed by atoms with E-state index >= 15 is 0 Å². The van der Waals surface area contributed by atoms with Crippen LogP contribution in [-0.2, 0) is 9.53 Å². The van der Waals surface area contributed by atoms with Crippen molar-refractivity contribution in [1.29, 1.82) is 0 Å². The summed E-state index contributed by atoms with van der Waals surface area (Å²) in [5.41, 5.74) is 0.219. The molecule has 1 aromatic carbocycles. The van der Waals surface area contributed by atoms with Crippen LogP contribution in [0.1, 0.15) is 31.9 Å². The highest BCUT2D eigenvalue weighted by Gasteiger charge is 2.31. The second-order valence-electron chi connectivity index (χ2n) is 4.92. The summed E-state index contributed by atoms with van der Waals surface area (Å²) in [6.45, 7) is 4.14. The predicted octanol–water partition coefficient (Wildman–Crippen LogP) is 2.05. The van der Waals surface area contributed by atoms with Gasteiger partial charge in [0.15, 0.2) is 0 Å². The molecule has 0 bridgehead atoms. The zero-order valence-corrected chi connectivity index (χ0v) is 11.0. The normalized spacial score (nSPS) is 18.7. The Bertz CT molecular complexity index is 442. The number of hydrogen-bond donors (Lipinski definition) is 1. The average molecular weight is 249 g/mol. The van der Waals surface area contributed by atoms with Gasteiger partial charge in [-0.25, -0.2) is 0 Å². The molecule has 0 saturated heterocycles. The molecule has 1 N–H and O–H groups in total. The monoisotopic (exact) mass is 249 g/mol. The number of rotatable bonds is 3. The number of fused-ring (bicyclic) bond motifs is 1. The molecule has 0 fully saturated rings. The highest BCUT2D eigenvalue weighted by Crippen LogP contribution is 2.31. The zero-order valence-electron chi connectivity index (χ0n) is 11.0. The second kappa shape index (κ2) is 4.98. The minimum Gasteiger partial charge on any atom is -0.493 e. The lowest BCUT2D eigenvalue weighted by atomic mass is 9.99. The first-order valence-electron chi connectivity index (χ1n) is 6.12. The highest BCUT2D eigenvalue weighted by molar-refractivity contribution is 5.84. The maximum Gasteiger partial charge on any atom is 0.252 e. The third-order valence-electron chi connectivity index (χ3n) is 3.32. The first-order chi connectivity index (χ1) is 8.54. The van der Waals surface area contributed by atoms with Gasteiger partial charge in [-0.05, 0) is 19.9 Å². The molecule has 1 heterocycles. The topological polar surface area (TPSA) is 47.6 Å². The van der Waals surface area contributed by atoms with Crippen molar-refractivity contribution in [2.75, 3.05) is 13.7 Å². The third-order valence-corrected chi connectivity index (χ3v) is 3.32. The minimum absolute atomic E-state index is 0.00289. The van der Waals surface area contributed by atoms with E-state index in [4.69, 9.17) is 9.47 Å². The Hall–Kier alpha value is -1.55. The van der Waals surface area contributed by atoms with Crippen molar-refractivity contribution in [3.63, 3.8) is 0 Å². The lowest BCUT2D eigenvalue weighted by Crippen LogP contribution is -2.45. The Morgan fingerprint density at radius 3 is 2.89 bits per heavy atom. The highest BCUT2D eigenvalue weighted by atomic mass is 16.5. The van der Waals surface area contributed by atoms with E-state index in [9.17, 15) is 4.79 Å². The lowest BCUT2D eigenvalue weighted by molar-refractivity contribution is -0.140. The van der Waals surface area contributed by atoms with Crippen LogP contribution < -0.4 is 10.1 Å². The Morgan fingerprint density at radius 1 is 1.44 bits per heavy atom. The molecule has 1 aliphatic rings. The van der Waals surface area contributed by atoms with E-state index in [0.717, 1.165) is 17.7 Å². The van der Waals surface area contributed by atoms with Gasteiger partial charge in [-0.2, -0.15) is 0 Å². The fraction of sp³-hybridized carbons (Fsp3) is 0.500. The van der Waals surface area contributed by atoms with Gasteiger partial charge in [0.05, 0.1) is 12.6 Å². The number of carbonyl (C=O) groups is 1. The van der Waals surface area contributed by atoms with Gasteiger partial charge in [0.25, 0.3) is 5.91 Å². The molecule has 0 saturated carbocycles. The van der Waals surface area contributed by atoms with Crippen LogP contribution in [0.2, 0.25) is 0 Å². The molecule has 1 aliphatic heterocycles. The first kappa shape index (κ1) is 12.9. The van der Waals surface area contributed by atoms with Crippen LogP contribution in [0, 0.1) is 0 Å². The molecule has 1 atom stereocenters. The number of hydrogen-bond acceptors (Lipinski definition) is 3. The van der Waals surface area contributed by atoms with E-state index < -0.39 is 5.60 Å². The summed E-state index contributed by atoms with van der Waals surface area (Å²) in [5.74, 6) is 0.746. The van der Waals surface area contributed by atoms with Crippen molar-refractivity contribution in [1.82, 2.24) is 5.32 Å². The molecule has 0 aromatic heterocycles. The number of amides is 1. The van der Waals surface area contributed by atoms with Gasteiger partial charge >= 0.3 is 0 Å². The van der Waals surface area contributed by atoms with Crippen molar-refractivity contribution < 1.29 is 14.3 Å². The van der Waals surface area contributed by atoms with Crippen LogP contribution in [0.15, 0.2) is 24.3 Å². The van der Waals surface area contributed by atoms with Crippen LogP contribution in [-0.4, -0.2) is 25.2 Å².